The third kappa shape index (κ3) is 5.04. The number of aliphatic hydroxyl groups is 1. The number of carbonyl (C=O) groups is 2. The lowest BCUT2D eigenvalue weighted by molar-refractivity contribution is -0.141. The third-order valence-electron chi connectivity index (χ3n) is 3.13. The summed E-state index contributed by atoms with van der Waals surface area (Å²) < 4.78 is 4.91. The number of aliphatic carboxylic acids is 1. The Bertz CT molecular complexity index is 310. The number of carboxylic acids is 1. The van der Waals surface area contributed by atoms with Crippen molar-refractivity contribution in [1.29, 1.82) is 0 Å². The van der Waals surface area contributed by atoms with Crippen LogP contribution >= 0.6 is 0 Å². The van der Waals surface area contributed by atoms with Crippen LogP contribution in [0.4, 0.5) is 4.79 Å². The van der Waals surface area contributed by atoms with E-state index in [1.165, 1.54) is 4.90 Å². The monoisotopic (exact) mass is 274 g/mol. The quantitative estimate of drug-likeness (QED) is 0.569. The van der Waals surface area contributed by atoms with Crippen LogP contribution in [0, 0.1) is 0 Å². The second-order valence-electron chi connectivity index (χ2n) is 4.68. The fourth-order valence-electron chi connectivity index (χ4n) is 2.12. The second kappa shape index (κ2) is 7.96. The average molecular weight is 274 g/mol. The van der Waals surface area contributed by atoms with Crippen LogP contribution in [-0.2, 0) is 9.53 Å². The molecule has 110 valence electrons. The maximum atomic E-state index is 11.8. The van der Waals surface area contributed by atoms with Gasteiger partial charge >= 0.3 is 12.0 Å². The number of nitrogens with one attached hydrogen (secondary N) is 1. The van der Waals surface area contributed by atoms with Gasteiger partial charge in [0.1, 0.15) is 6.04 Å². The zero-order valence-corrected chi connectivity index (χ0v) is 11.2. The molecule has 0 aromatic rings. The zero-order chi connectivity index (χ0) is 14.3. The van der Waals surface area contributed by atoms with Gasteiger partial charge in [-0.3, -0.25) is 0 Å². The molecule has 1 heterocycles. The number of ether oxygens (including phenoxy) is 1. The molecule has 2 atom stereocenters. The fraction of sp³-hybridized carbons (Fsp3) is 0.833. The Labute approximate surface area is 112 Å². The SMILES string of the molecule is COCCCCCNC(=O)N1CC(O)CC1C(=O)O. The molecular weight excluding hydrogens is 252 g/mol. The Hall–Kier alpha value is -1.34. The lowest BCUT2D eigenvalue weighted by Gasteiger charge is -2.21. The number of nitrogens with zero attached hydrogens (tertiary/aromatic N) is 1. The average Bonchev–Trinajstić information content (AvgIpc) is 2.76. The van der Waals surface area contributed by atoms with Gasteiger partial charge in [-0.15, -0.1) is 0 Å². The van der Waals surface area contributed by atoms with E-state index in [9.17, 15) is 14.7 Å². The van der Waals surface area contributed by atoms with Gasteiger partial charge in [0.2, 0.25) is 0 Å². The highest BCUT2D eigenvalue weighted by atomic mass is 16.5. The van der Waals surface area contributed by atoms with Gasteiger partial charge in [0.05, 0.1) is 6.10 Å². The fourth-order valence-corrected chi connectivity index (χ4v) is 2.12. The molecule has 3 N–H and O–H groups in total. The number of carboxylic acid groups (broad SMARTS) is 1. The van der Waals surface area contributed by atoms with Crippen molar-refractivity contribution < 1.29 is 24.5 Å². The van der Waals surface area contributed by atoms with Crippen LogP contribution in [0.2, 0.25) is 0 Å². The molecule has 0 saturated carbocycles. The van der Waals surface area contributed by atoms with Crippen molar-refractivity contribution in [2.75, 3.05) is 26.8 Å². The molecule has 0 aliphatic carbocycles. The van der Waals surface area contributed by atoms with Crippen molar-refractivity contribution in [3.05, 3.63) is 0 Å². The standard InChI is InChI=1S/C12H22N2O5/c1-19-6-4-2-3-5-13-12(18)14-8-9(15)7-10(14)11(16)17/h9-10,15H,2-8H2,1H3,(H,13,18)(H,16,17). The molecule has 1 rings (SSSR count). The van der Waals surface area contributed by atoms with Crippen molar-refractivity contribution in [2.45, 2.75) is 37.8 Å². The molecular formula is C12H22N2O5. The van der Waals surface area contributed by atoms with Gasteiger partial charge in [-0.1, -0.05) is 0 Å². The summed E-state index contributed by atoms with van der Waals surface area (Å²) in [5.74, 6) is -1.08. The minimum atomic E-state index is -1.08. The van der Waals surface area contributed by atoms with Gasteiger partial charge < -0.3 is 25.2 Å². The van der Waals surface area contributed by atoms with Crippen molar-refractivity contribution >= 4 is 12.0 Å². The topological polar surface area (TPSA) is 99.1 Å². The molecule has 0 radical (unpaired) electrons. The number of β-amino-alcohol motifs (C(OH)–C–C–N with tert-alkyl or cyclic N) is 1. The summed E-state index contributed by atoms with van der Waals surface area (Å²) in [6.45, 7) is 1.28. The van der Waals surface area contributed by atoms with Crippen LogP contribution in [0.25, 0.3) is 0 Å². The number of hydrogen-bond donors (Lipinski definition) is 3. The van der Waals surface area contributed by atoms with Crippen LogP contribution in [0.5, 0.6) is 0 Å². The maximum Gasteiger partial charge on any atom is 0.326 e. The van der Waals surface area contributed by atoms with Crippen LogP contribution < -0.4 is 5.32 Å². The first-order chi connectivity index (χ1) is 9.06. The van der Waals surface area contributed by atoms with Crippen LogP contribution in [-0.4, -0.2) is 66.1 Å². The predicted molar refractivity (Wildman–Crippen MR) is 67.9 cm³/mol. The summed E-state index contributed by atoms with van der Waals surface area (Å²) in [5, 5.41) is 21.1. The Morgan fingerprint density at radius 1 is 1.37 bits per heavy atom. The minimum absolute atomic E-state index is 0.0759. The summed E-state index contributed by atoms with van der Waals surface area (Å²) in [6.07, 6.45) is 2.04. The number of unbranched alkanes of at least 4 members (excludes halogenated alkanes) is 2. The highest BCUT2D eigenvalue weighted by molar-refractivity contribution is 5.83. The molecule has 1 saturated heterocycles. The van der Waals surface area contributed by atoms with Crippen molar-refractivity contribution in [3.63, 3.8) is 0 Å². The van der Waals surface area contributed by atoms with Crippen molar-refractivity contribution in [1.82, 2.24) is 10.2 Å². The number of amides is 2. The van der Waals surface area contributed by atoms with E-state index >= 15 is 0 Å². The van der Waals surface area contributed by atoms with Crippen molar-refractivity contribution in [2.24, 2.45) is 0 Å². The highest BCUT2D eigenvalue weighted by Crippen LogP contribution is 2.18. The highest BCUT2D eigenvalue weighted by Gasteiger charge is 2.38. The second-order valence-corrected chi connectivity index (χ2v) is 4.68. The Morgan fingerprint density at radius 2 is 2.11 bits per heavy atom. The summed E-state index contributed by atoms with van der Waals surface area (Å²) in [7, 11) is 1.65. The number of hydrogen-bond acceptors (Lipinski definition) is 4. The molecule has 0 aromatic carbocycles. The van der Waals surface area contributed by atoms with E-state index in [0.717, 1.165) is 19.3 Å². The number of urea groups is 1. The normalized spacial score (nSPS) is 22.5. The molecule has 1 fully saturated rings. The van der Waals surface area contributed by atoms with E-state index in [1.807, 2.05) is 0 Å². The van der Waals surface area contributed by atoms with Gasteiger partial charge in [0.25, 0.3) is 0 Å². The molecule has 7 nitrogen and oxygen atoms in total. The lowest BCUT2D eigenvalue weighted by atomic mass is 10.2. The van der Waals surface area contributed by atoms with E-state index in [1.54, 1.807) is 7.11 Å². The van der Waals surface area contributed by atoms with Crippen LogP contribution in [0.15, 0.2) is 0 Å². The summed E-state index contributed by atoms with van der Waals surface area (Å²) >= 11 is 0. The lowest BCUT2D eigenvalue weighted by Crippen LogP contribution is -2.46. The van der Waals surface area contributed by atoms with E-state index < -0.39 is 24.1 Å². The summed E-state index contributed by atoms with van der Waals surface area (Å²) in [4.78, 5) is 24.0. The van der Waals surface area contributed by atoms with E-state index in [2.05, 4.69) is 5.32 Å². The maximum absolute atomic E-state index is 11.8. The van der Waals surface area contributed by atoms with Crippen LogP contribution in [0.1, 0.15) is 25.7 Å². The van der Waals surface area contributed by atoms with Gasteiger partial charge in [0.15, 0.2) is 0 Å². The number of methoxy groups -OCH3 is 1. The first-order valence-corrected chi connectivity index (χ1v) is 6.50. The van der Waals surface area contributed by atoms with Crippen molar-refractivity contribution in [3.8, 4) is 0 Å². The van der Waals surface area contributed by atoms with Gasteiger partial charge in [-0.2, -0.15) is 0 Å². The van der Waals surface area contributed by atoms with E-state index in [4.69, 9.17) is 9.84 Å². The molecule has 7 heteroatoms. The summed E-state index contributed by atoms with van der Waals surface area (Å²) in [5.41, 5.74) is 0. The smallest absolute Gasteiger partial charge is 0.326 e. The Balaban J connectivity index is 2.26. The molecule has 0 spiro atoms. The number of rotatable bonds is 7. The molecule has 0 bridgehead atoms. The molecule has 1 aliphatic heterocycles. The predicted octanol–water partition coefficient (Wildman–Crippen LogP) is 0.0325. The number of aliphatic hydroxyl groups excluding tert-OH is 1. The van der Waals surface area contributed by atoms with Gasteiger partial charge in [0, 0.05) is 33.2 Å². The molecule has 2 amide bonds. The van der Waals surface area contributed by atoms with Gasteiger partial charge in [-0.05, 0) is 19.3 Å². The first-order valence-electron chi connectivity index (χ1n) is 6.50. The first kappa shape index (κ1) is 15.7. The largest absolute Gasteiger partial charge is 0.480 e. The minimum Gasteiger partial charge on any atom is -0.480 e. The summed E-state index contributed by atoms with van der Waals surface area (Å²) in [6, 6.07) is -1.35. The number of likely N-dealkylation sites (tertiary alicyclic amines) is 1. The molecule has 19 heavy (non-hydrogen) atoms. The molecule has 2 unspecified atom stereocenters. The third-order valence-corrected chi connectivity index (χ3v) is 3.13. The Morgan fingerprint density at radius 3 is 2.74 bits per heavy atom. The van der Waals surface area contributed by atoms with Crippen LogP contribution in [0.3, 0.4) is 0 Å². The van der Waals surface area contributed by atoms with Gasteiger partial charge in [-0.25, -0.2) is 9.59 Å². The van der Waals surface area contributed by atoms with E-state index in [-0.39, 0.29) is 13.0 Å². The molecule has 1 aliphatic rings. The number of carbonyl (C=O) groups excluding carboxylic acids is 1. The van der Waals surface area contributed by atoms with E-state index in [0.29, 0.717) is 13.2 Å². The molecule has 0 aromatic heterocycles. The zero-order valence-electron chi connectivity index (χ0n) is 11.2. The Kier molecular flexibility index (Phi) is 6.58.